The standard InChI is InChI=1S/C26H31N3O4/c1-26(2,3)24(32)21-22(17-5-11-20(30)12-6-17)29(25(33)23(21)31)19-9-7-18(8-10-19)28-15-13-27(4)14-16-28/h5-12,22,30-31H,13-16H2,1-4H3. The van der Waals surface area contributed by atoms with E-state index in [-0.39, 0.29) is 17.1 Å². The fraction of sp³-hybridized carbons (Fsp3) is 0.385. The third-order valence-electron chi connectivity index (χ3n) is 6.34. The molecule has 33 heavy (non-hydrogen) atoms. The van der Waals surface area contributed by atoms with Crippen molar-refractivity contribution in [1.82, 2.24) is 4.90 Å². The number of carbonyl (C=O) groups is 2. The summed E-state index contributed by atoms with van der Waals surface area (Å²) in [5.41, 5.74) is 1.62. The molecule has 2 N–H and O–H groups in total. The summed E-state index contributed by atoms with van der Waals surface area (Å²) in [6, 6.07) is 13.3. The van der Waals surface area contributed by atoms with Gasteiger partial charge >= 0.3 is 0 Å². The number of aromatic hydroxyl groups is 1. The molecule has 0 radical (unpaired) electrons. The van der Waals surface area contributed by atoms with Gasteiger partial charge < -0.3 is 20.0 Å². The first kappa shape index (κ1) is 22.9. The smallest absolute Gasteiger partial charge is 0.294 e. The highest BCUT2D eigenvalue weighted by Crippen LogP contribution is 2.43. The molecule has 4 rings (SSSR count). The van der Waals surface area contributed by atoms with Gasteiger partial charge in [0, 0.05) is 43.0 Å². The molecule has 2 aliphatic rings. The zero-order valence-electron chi connectivity index (χ0n) is 19.6. The Labute approximate surface area is 194 Å². The van der Waals surface area contributed by atoms with Crippen LogP contribution in [0.5, 0.6) is 5.75 Å². The molecule has 0 bridgehead atoms. The number of Topliss-reactive ketones (excluding diaryl/α,β-unsaturated/α-hetero) is 1. The quantitative estimate of drug-likeness (QED) is 0.741. The number of hydrogen-bond acceptors (Lipinski definition) is 6. The first-order valence-corrected chi connectivity index (χ1v) is 11.2. The summed E-state index contributed by atoms with van der Waals surface area (Å²) in [5, 5.41) is 20.5. The molecule has 0 saturated carbocycles. The lowest BCUT2D eigenvalue weighted by Gasteiger charge is -2.34. The van der Waals surface area contributed by atoms with Crippen molar-refractivity contribution in [2.75, 3.05) is 43.0 Å². The summed E-state index contributed by atoms with van der Waals surface area (Å²) in [6.07, 6.45) is 0. The molecule has 174 valence electrons. The number of phenolic OH excluding ortho intramolecular Hbond substituents is 1. The number of anilines is 2. The summed E-state index contributed by atoms with van der Waals surface area (Å²) in [6.45, 7) is 9.14. The Hall–Kier alpha value is -3.32. The Kier molecular flexibility index (Phi) is 5.93. The molecule has 0 aliphatic carbocycles. The molecule has 0 aromatic heterocycles. The van der Waals surface area contributed by atoms with Crippen LogP contribution in [0.25, 0.3) is 0 Å². The Balaban J connectivity index is 1.72. The average Bonchev–Trinajstić information content (AvgIpc) is 3.04. The van der Waals surface area contributed by atoms with Crippen LogP contribution in [0.2, 0.25) is 0 Å². The van der Waals surface area contributed by atoms with Crippen molar-refractivity contribution in [2.24, 2.45) is 5.41 Å². The van der Waals surface area contributed by atoms with Crippen molar-refractivity contribution >= 4 is 23.1 Å². The van der Waals surface area contributed by atoms with Crippen molar-refractivity contribution in [3.05, 3.63) is 65.4 Å². The van der Waals surface area contributed by atoms with Crippen LogP contribution in [0, 0.1) is 5.41 Å². The van der Waals surface area contributed by atoms with E-state index in [1.807, 2.05) is 24.3 Å². The summed E-state index contributed by atoms with van der Waals surface area (Å²) in [5.74, 6) is -1.32. The Morgan fingerprint density at radius 2 is 1.42 bits per heavy atom. The molecule has 1 unspecified atom stereocenters. The molecule has 1 amide bonds. The van der Waals surface area contributed by atoms with E-state index in [0.29, 0.717) is 11.3 Å². The van der Waals surface area contributed by atoms with Gasteiger partial charge in [0.1, 0.15) is 5.75 Å². The van der Waals surface area contributed by atoms with Gasteiger partial charge in [0.15, 0.2) is 11.5 Å². The van der Waals surface area contributed by atoms with Crippen molar-refractivity contribution in [2.45, 2.75) is 26.8 Å². The monoisotopic (exact) mass is 449 g/mol. The summed E-state index contributed by atoms with van der Waals surface area (Å²) < 4.78 is 0. The first-order valence-electron chi connectivity index (χ1n) is 11.2. The number of carbonyl (C=O) groups excluding carboxylic acids is 2. The van der Waals surface area contributed by atoms with Crippen LogP contribution in [-0.2, 0) is 9.59 Å². The molecular formula is C26H31N3O4. The molecule has 1 atom stereocenters. The van der Waals surface area contributed by atoms with Crippen molar-refractivity contribution in [1.29, 1.82) is 0 Å². The molecule has 1 fully saturated rings. The second kappa shape index (κ2) is 8.56. The van der Waals surface area contributed by atoms with Gasteiger partial charge in [-0.2, -0.15) is 0 Å². The second-order valence-corrected chi connectivity index (χ2v) is 9.82. The summed E-state index contributed by atoms with van der Waals surface area (Å²) in [7, 11) is 2.11. The largest absolute Gasteiger partial charge is 0.508 e. The van der Waals surface area contributed by atoms with Crippen LogP contribution in [0.3, 0.4) is 0 Å². The van der Waals surface area contributed by atoms with Gasteiger partial charge in [-0.3, -0.25) is 14.5 Å². The van der Waals surface area contributed by atoms with Gasteiger partial charge in [-0.15, -0.1) is 0 Å². The van der Waals surface area contributed by atoms with Gasteiger partial charge in [-0.25, -0.2) is 0 Å². The lowest BCUT2D eigenvalue weighted by molar-refractivity contribution is -0.123. The predicted molar refractivity (Wildman–Crippen MR) is 129 cm³/mol. The zero-order valence-corrected chi connectivity index (χ0v) is 19.6. The van der Waals surface area contributed by atoms with Gasteiger partial charge in [-0.05, 0) is 49.0 Å². The van der Waals surface area contributed by atoms with Crippen LogP contribution in [-0.4, -0.2) is 60.0 Å². The van der Waals surface area contributed by atoms with E-state index < -0.39 is 23.1 Å². The summed E-state index contributed by atoms with van der Waals surface area (Å²) >= 11 is 0. The van der Waals surface area contributed by atoms with E-state index in [9.17, 15) is 19.8 Å². The number of likely N-dealkylation sites (N-methyl/N-ethyl adjacent to an activating group) is 1. The molecule has 7 nitrogen and oxygen atoms in total. The number of piperazine rings is 1. The number of amides is 1. The minimum absolute atomic E-state index is 0.0846. The molecule has 7 heteroatoms. The predicted octanol–water partition coefficient (Wildman–Crippen LogP) is 3.66. The topological polar surface area (TPSA) is 84.3 Å². The number of aliphatic hydroxyl groups is 1. The van der Waals surface area contributed by atoms with Crippen LogP contribution in [0.1, 0.15) is 32.4 Å². The number of hydrogen-bond donors (Lipinski definition) is 2. The van der Waals surface area contributed by atoms with Crippen LogP contribution >= 0.6 is 0 Å². The zero-order chi connectivity index (χ0) is 23.9. The number of aliphatic hydroxyl groups excluding tert-OH is 1. The minimum Gasteiger partial charge on any atom is -0.508 e. The second-order valence-electron chi connectivity index (χ2n) is 9.82. The van der Waals surface area contributed by atoms with Crippen LogP contribution < -0.4 is 9.80 Å². The van der Waals surface area contributed by atoms with Gasteiger partial charge in [-0.1, -0.05) is 32.9 Å². The van der Waals surface area contributed by atoms with Crippen LogP contribution in [0.15, 0.2) is 59.9 Å². The third kappa shape index (κ3) is 4.33. The Bertz CT molecular complexity index is 1080. The van der Waals surface area contributed by atoms with Gasteiger partial charge in [0.2, 0.25) is 0 Å². The SMILES string of the molecule is CN1CCN(c2ccc(N3C(=O)C(O)=C(C(=O)C(C)(C)C)C3c3ccc(O)cc3)cc2)CC1. The minimum atomic E-state index is -0.778. The molecule has 2 aliphatic heterocycles. The fourth-order valence-electron chi connectivity index (χ4n) is 4.37. The van der Waals surface area contributed by atoms with E-state index in [1.54, 1.807) is 32.9 Å². The first-order chi connectivity index (χ1) is 15.6. The van der Waals surface area contributed by atoms with E-state index in [2.05, 4.69) is 16.8 Å². The van der Waals surface area contributed by atoms with Crippen molar-refractivity contribution in [3.8, 4) is 5.75 Å². The average molecular weight is 450 g/mol. The molecule has 0 spiro atoms. The normalized spacial score (nSPS) is 20.0. The van der Waals surface area contributed by atoms with Gasteiger partial charge in [0.05, 0.1) is 11.6 Å². The maximum Gasteiger partial charge on any atom is 0.294 e. The van der Waals surface area contributed by atoms with E-state index in [0.717, 1.165) is 31.9 Å². The lowest BCUT2D eigenvalue weighted by Crippen LogP contribution is -2.44. The lowest BCUT2D eigenvalue weighted by atomic mass is 9.82. The molecule has 2 aromatic rings. The molecule has 2 heterocycles. The third-order valence-corrected chi connectivity index (χ3v) is 6.34. The highest BCUT2D eigenvalue weighted by atomic mass is 16.3. The van der Waals surface area contributed by atoms with Crippen molar-refractivity contribution in [3.63, 3.8) is 0 Å². The highest BCUT2D eigenvalue weighted by molar-refractivity contribution is 6.17. The summed E-state index contributed by atoms with van der Waals surface area (Å²) in [4.78, 5) is 32.6. The number of benzene rings is 2. The van der Waals surface area contributed by atoms with E-state index in [4.69, 9.17) is 0 Å². The fourth-order valence-corrected chi connectivity index (χ4v) is 4.37. The Morgan fingerprint density at radius 1 is 0.879 bits per heavy atom. The van der Waals surface area contributed by atoms with Crippen LogP contribution in [0.4, 0.5) is 11.4 Å². The van der Waals surface area contributed by atoms with E-state index >= 15 is 0 Å². The Morgan fingerprint density at radius 3 is 1.97 bits per heavy atom. The number of nitrogens with zero attached hydrogens (tertiary/aromatic N) is 3. The number of ketones is 1. The number of rotatable bonds is 4. The maximum atomic E-state index is 13.3. The molecule has 2 aromatic carbocycles. The molecule has 1 saturated heterocycles. The highest BCUT2D eigenvalue weighted by Gasteiger charge is 2.46. The molecular weight excluding hydrogens is 418 g/mol. The van der Waals surface area contributed by atoms with Gasteiger partial charge in [0.25, 0.3) is 5.91 Å². The maximum absolute atomic E-state index is 13.3. The van der Waals surface area contributed by atoms with Crippen molar-refractivity contribution < 1.29 is 19.8 Å². The van der Waals surface area contributed by atoms with E-state index in [1.165, 1.54) is 17.0 Å². The number of phenols is 1.